The maximum absolute atomic E-state index is 11.6. The fraction of sp³-hybridized carbons (Fsp3) is 0.400. The van der Waals surface area contributed by atoms with Crippen LogP contribution in [0.3, 0.4) is 0 Å². The van der Waals surface area contributed by atoms with E-state index in [1.54, 1.807) is 18.2 Å². The van der Waals surface area contributed by atoms with Gasteiger partial charge in [-0.25, -0.2) is 13.2 Å². The van der Waals surface area contributed by atoms with Crippen LogP contribution in [0, 0.1) is 0 Å². The molecule has 0 amide bonds. The number of sulfone groups is 1. The van der Waals surface area contributed by atoms with Gasteiger partial charge in [-0.2, -0.15) is 0 Å². The molecule has 1 aliphatic heterocycles. The van der Waals surface area contributed by atoms with Crippen molar-refractivity contribution >= 4 is 27.6 Å². The predicted molar refractivity (Wildman–Crippen MR) is 90.0 cm³/mol. The molecule has 1 fully saturated rings. The summed E-state index contributed by atoms with van der Waals surface area (Å²) in [6.45, 7) is 0. The minimum Gasteiger partial charge on any atom is -0.478 e. The smallest absolute Gasteiger partial charge is 0.335 e. The summed E-state index contributed by atoms with van der Waals surface area (Å²) in [6.07, 6.45) is 0.583. The SMILES string of the molecule is Cn1c(SCc2cccc(C(=O)O)c2)nnc1[C@H]1CCS(=O)(=O)C1. The second-order valence-corrected chi connectivity index (χ2v) is 8.97. The molecule has 0 radical (unpaired) electrons. The van der Waals surface area contributed by atoms with Gasteiger partial charge in [-0.3, -0.25) is 0 Å². The lowest BCUT2D eigenvalue weighted by molar-refractivity contribution is 0.0696. The van der Waals surface area contributed by atoms with Crippen LogP contribution < -0.4 is 0 Å². The maximum Gasteiger partial charge on any atom is 0.335 e. The first-order valence-electron chi connectivity index (χ1n) is 7.40. The summed E-state index contributed by atoms with van der Waals surface area (Å²) >= 11 is 1.45. The van der Waals surface area contributed by atoms with Gasteiger partial charge < -0.3 is 9.67 Å². The number of benzene rings is 1. The van der Waals surface area contributed by atoms with Gasteiger partial charge in [0.15, 0.2) is 15.0 Å². The Labute approximate surface area is 144 Å². The van der Waals surface area contributed by atoms with Gasteiger partial charge in [0.2, 0.25) is 0 Å². The van der Waals surface area contributed by atoms with Gasteiger partial charge in [-0.05, 0) is 24.1 Å². The molecule has 0 unspecified atom stereocenters. The molecule has 0 saturated carbocycles. The first-order chi connectivity index (χ1) is 11.4. The van der Waals surface area contributed by atoms with E-state index in [0.29, 0.717) is 23.2 Å². The van der Waals surface area contributed by atoms with Crippen LogP contribution in [-0.2, 0) is 22.6 Å². The molecule has 7 nitrogen and oxygen atoms in total. The number of hydrogen-bond donors (Lipinski definition) is 1. The van der Waals surface area contributed by atoms with Gasteiger partial charge in [-0.15, -0.1) is 10.2 Å². The highest BCUT2D eigenvalue weighted by Crippen LogP contribution is 2.30. The Balaban J connectivity index is 1.71. The van der Waals surface area contributed by atoms with Crippen LogP contribution in [0.15, 0.2) is 29.4 Å². The zero-order valence-electron chi connectivity index (χ0n) is 13.0. The van der Waals surface area contributed by atoms with Crippen LogP contribution in [0.25, 0.3) is 0 Å². The van der Waals surface area contributed by atoms with Crippen molar-refractivity contribution in [2.75, 3.05) is 11.5 Å². The molecule has 9 heteroatoms. The molecule has 0 spiro atoms. The van der Waals surface area contributed by atoms with E-state index >= 15 is 0 Å². The number of carboxylic acid groups (broad SMARTS) is 1. The Hall–Kier alpha value is -1.87. The molecule has 2 heterocycles. The van der Waals surface area contributed by atoms with E-state index in [1.807, 2.05) is 17.7 Å². The van der Waals surface area contributed by atoms with Crippen molar-refractivity contribution in [3.05, 3.63) is 41.2 Å². The second-order valence-electron chi connectivity index (χ2n) is 5.79. The largest absolute Gasteiger partial charge is 0.478 e. The van der Waals surface area contributed by atoms with Crippen LogP contribution in [0.4, 0.5) is 0 Å². The molecule has 3 rings (SSSR count). The summed E-state index contributed by atoms with van der Waals surface area (Å²) < 4.78 is 25.1. The Morgan fingerprint density at radius 1 is 1.42 bits per heavy atom. The van der Waals surface area contributed by atoms with E-state index in [-0.39, 0.29) is 23.0 Å². The van der Waals surface area contributed by atoms with Gasteiger partial charge in [0, 0.05) is 18.7 Å². The average Bonchev–Trinajstić information content (AvgIpc) is 3.08. The second kappa shape index (κ2) is 6.56. The normalized spacial score (nSPS) is 19.5. The maximum atomic E-state index is 11.6. The summed E-state index contributed by atoms with van der Waals surface area (Å²) in [4.78, 5) is 11.0. The molecular formula is C15H17N3O4S2. The third-order valence-electron chi connectivity index (χ3n) is 4.01. The molecule has 1 aromatic heterocycles. The molecule has 1 aliphatic rings. The summed E-state index contributed by atoms with van der Waals surface area (Å²) in [5.74, 6) is 0.537. The molecule has 1 atom stereocenters. The zero-order chi connectivity index (χ0) is 17.3. The number of nitrogens with zero attached hydrogens (tertiary/aromatic N) is 3. The standard InChI is InChI=1S/C15H17N3O4S2/c1-18-13(12-5-6-24(21,22)9-12)16-17-15(18)23-8-10-3-2-4-11(7-10)14(19)20/h2-4,7,12H,5-6,8-9H2,1H3,(H,19,20)/t12-/m0/s1. The van der Waals surface area contributed by atoms with Crippen molar-refractivity contribution in [1.82, 2.24) is 14.8 Å². The molecule has 1 saturated heterocycles. The van der Waals surface area contributed by atoms with Gasteiger partial charge in [0.25, 0.3) is 0 Å². The number of thioether (sulfide) groups is 1. The van der Waals surface area contributed by atoms with E-state index in [2.05, 4.69) is 10.2 Å². The summed E-state index contributed by atoms with van der Waals surface area (Å²) in [5.41, 5.74) is 1.14. The highest BCUT2D eigenvalue weighted by atomic mass is 32.2. The number of hydrogen-bond acceptors (Lipinski definition) is 6. The summed E-state index contributed by atoms with van der Waals surface area (Å²) in [7, 11) is -1.13. The molecule has 1 aromatic carbocycles. The molecule has 0 aliphatic carbocycles. The summed E-state index contributed by atoms with van der Waals surface area (Å²) in [6, 6.07) is 6.76. The van der Waals surface area contributed by atoms with Crippen molar-refractivity contribution in [3.63, 3.8) is 0 Å². The van der Waals surface area contributed by atoms with E-state index in [0.717, 1.165) is 5.56 Å². The molecule has 2 aromatic rings. The van der Waals surface area contributed by atoms with Crippen LogP contribution in [0.5, 0.6) is 0 Å². The minimum absolute atomic E-state index is 0.0998. The fourth-order valence-corrected chi connectivity index (χ4v) is 5.35. The fourth-order valence-electron chi connectivity index (χ4n) is 2.75. The lowest BCUT2D eigenvalue weighted by atomic mass is 10.1. The molecule has 1 N–H and O–H groups in total. The van der Waals surface area contributed by atoms with Crippen LogP contribution in [0.2, 0.25) is 0 Å². The van der Waals surface area contributed by atoms with Gasteiger partial charge in [0.05, 0.1) is 17.1 Å². The van der Waals surface area contributed by atoms with Gasteiger partial charge >= 0.3 is 5.97 Å². The van der Waals surface area contributed by atoms with Crippen molar-refractivity contribution in [3.8, 4) is 0 Å². The van der Waals surface area contributed by atoms with Crippen LogP contribution >= 0.6 is 11.8 Å². The summed E-state index contributed by atoms with van der Waals surface area (Å²) in [5, 5.41) is 18.0. The number of carboxylic acids is 1. The Morgan fingerprint density at radius 3 is 2.88 bits per heavy atom. The third kappa shape index (κ3) is 3.62. The van der Waals surface area contributed by atoms with E-state index in [4.69, 9.17) is 5.11 Å². The highest BCUT2D eigenvalue weighted by molar-refractivity contribution is 7.98. The third-order valence-corrected chi connectivity index (χ3v) is 6.87. The van der Waals surface area contributed by atoms with Crippen LogP contribution in [0.1, 0.15) is 34.1 Å². The first kappa shape index (κ1) is 17.0. The molecule has 0 bridgehead atoms. The minimum atomic E-state index is -2.96. The topological polar surface area (TPSA) is 102 Å². The molecular weight excluding hydrogens is 350 g/mol. The van der Waals surface area contributed by atoms with E-state index in [9.17, 15) is 13.2 Å². The van der Waals surface area contributed by atoms with E-state index < -0.39 is 15.8 Å². The van der Waals surface area contributed by atoms with Crippen molar-refractivity contribution in [1.29, 1.82) is 0 Å². The quantitative estimate of drug-likeness (QED) is 0.803. The van der Waals surface area contributed by atoms with Gasteiger partial charge in [-0.1, -0.05) is 23.9 Å². The van der Waals surface area contributed by atoms with Gasteiger partial charge in [0.1, 0.15) is 5.82 Å². The Kier molecular flexibility index (Phi) is 4.64. The lowest BCUT2D eigenvalue weighted by Gasteiger charge is -2.08. The number of carbonyl (C=O) groups is 1. The first-order valence-corrected chi connectivity index (χ1v) is 10.2. The average molecular weight is 367 g/mol. The zero-order valence-corrected chi connectivity index (χ0v) is 14.7. The van der Waals surface area contributed by atoms with Crippen LogP contribution in [-0.4, -0.2) is 45.8 Å². The Bertz CT molecular complexity index is 877. The lowest BCUT2D eigenvalue weighted by Crippen LogP contribution is -2.09. The van der Waals surface area contributed by atoms with E-state index in [1.165, 1.54) is 11.8 Å². The molecule has 128 valence electrons. The predicted octanol–water partition coefficient (Wildman–Crippen LogP) is 1.71. The van der Waals surface area contributed by atoms with Crippen molar-refractivity contribution in [2.24, 2.45) is 7.05 Å². The van der Waals surface area contributed by atoms with Crippen molar-refractivity contribution < 1.29 is 18.3 Å². The van der Waals surface area contributed by atoms with Crippen molar-refractivity contribution in [2.45, 2.75) is 23.2 Å². The monoisotopic (exact) mass is 367 g/mol. The highest BCUT2D eigenvalue weighted by Gasteiger charge is 2.32. The number of aromatic carboxylic acids is 1. The number of aromatic nitrogens is 3. The Morgan fingerprint density at radius 2 is 2.21 bits per heavy atom. The molecule has 24 heavy (non-hydrogen) atoms. The number of rotatable bonds is 5.